The number of benzene rings is 1. The first-order valence-electron chi connectivity index (χ1n) is 10.4. The number of carbonyl (C=O) groups excluding carboxylic acids is 2. The van der Waals surface area contributed by atoms with Crippen LogP contribution >= 0.6 is 0 Å². The number of hydrogen-bond acceptors (Lipinski definition) is 5. The number of likely N-dealkylation sites (tertiary alicyclic amines) is 1. The highest BCUT2D eigenvalue weighted by Gasteiger charge is 2.35. The minimum absolute atomic E-state index is 0.104. The van der Waals surface area contributed by atoms with Crippen molar-refractivity contribution >= 4 is 11.8 Å². The molecule has 0 saturated carbocycles. The summed E-state index contributed by atoms with van der Waals surface area (Å²) in [5, 5.41) is 8.87. The summed E-state index contributed by atoms with van der Waals surface area (Å²) in [5.41, 5.74) is 1.94. The average Bonchev–Trinajstić information content (AvgIpc) is 2.81. The van der Waals surface area contributed by atoms with Crippen LogP contribution in [0.2, 0.25) is 0 Å². The highest BCUT2D eigenvalue weighted by Crippen LogP contribution is 2.21. The summed E-state index contributed by atoms with van der Waals surface area (Å²) in [6.07, 6.45) is 3.29. The van der Waals surface area contributed by atoms with E-state index in [0.29, 0.717) is 44.0 Å². The van der Waals surface area contributed by atoms with Crippen molar-refractivity contribution in [1.82, 2.24) is 19.7 Å². The van der Waals surface area contributed by atoms with Gasteiger partial charge in [0.15, 0.2) is 0 Å². The molecule has 2 amide bonds. The zero-order chi connectivity index (χ0) is 20.9. The maximum absolute atomic E-state index is 13.1. The molecule has 0 N–H and O–H groups in total. The molecule has 154 valence electrons. The number of hydrogen-bond donors (Lipinski definition) is 0. The molecule has 7 nitrogen and oxygen atoms in total. The van der Waals surface area contributed by atoms with Crippen LogP contribution in [-0.2, 0) is 11.3 Å². The van der Waals surface area contributed by atoms with Gasteiger partial charge in [-0.1, -0.05) is 30.3 Å². The Morgan fingerprint density at radius 1 is 1.07 bits per heavy atom. The molecule has 2 aromatic rings. The van der Waals surface area contributed by atoms with Gasteiger partial charge in [0.1, 0.15) is 11.8 Å². The largest absolute Gasteiger partial charge is 0.337 e. The van der Waals surface area contributed by atoms with Crippen molar-refractivity contribution in [2.45, 2.75) is 25.4 Å². The number of pyridine rings is 1. The lowest BCUT2D eigenvalue weighted by atomic mass is 10.0. The second kappa shape index (κ2) is 9.06. The first-order valence-corrected chi connectivity index (χ1v) is 10.4. The number of piperazine rings is 1. The number of carbonyl (C=O) groups is 2. The van der Waals surface area contributed by atoms with E-state index in [9.17, 15) is 9.59 Å². The van der Waals surface area contributed by atoms with Crippen LogP contribution < -0.4 is 0 Å². The van der Waals surface area contributed by atoms with Crippen molar-refractivity contribution < 1.29 is 9.59 Å². The zero-order valence-corrected chi connectivity index (χ0v) is 16.9. The summed E-state index contributed by atoms with van der Waals surface area (Å²) in [7, 11) is 0. The molecule has 7 heteroatoms. The van der Waals surface area contributed by atoms with Gasteiger partial charge in [0.25, 0.3) is 5.91 Å². The summed E-state index contributed by atoms with van der Waals surface area (Å²) >= 11 is 0. The lowest BCUT2D eigenvalue weighted by molar-refractivity contribution is -0.141. The number of nitrogens with zero attached hydrogens (tertiary/aromatic N) is 5. The molecule has 2 aliphatic heterocycles. The third-order valence-electron chi connectivity index (χ3n) is 5.87. The first kappa shape index (κ1) is 20.0. The smallest absolute Gasteiger partial charge is 0.272 e. The normalized spacial score (nSPS) is 20.1. The molecule has 1 atom stereocenters. The second-order valence-corrected chi connectivity index (χ2v) is 7.78. The molecule has 0 spiro atoms. The van der Waals surface area contributed by atoms with E-state index in [0.717, 1.165) is 24.9 Å². The molecule has 0 unspecified atom stereocenters. The number of piperidine rings is 1. The van der Waals surface area contributed by atoms with Crippen molar-refractivity contribution in [3.63, 3.8) is 0 Å². The van der Waals surface area contributed by atoms with Crippen molar-refractivity contribution in [3.05, 3.63) is 65.5 Å². The molecule has 0 radical (unpaired) electrons. The highest BCUT2D eigenvalue weighted by molar-refractivity contribution is 5.92. The van der Waals surface area contributed by atoms with E-state index in [4.69, 9.17) is 5.26 Å². The van der Waals surface area contributed by atoms with Gasteiger partial charge in [0.05, 0.1) is 11.6 Å². The Hall–Kier alpha value is -3.24. The number of rotatable bonds is 4. The Labute approximate surface area is 176 Å². The Morgan fingerprint density at radius 3 is 2.50 bits per heavy atom. The van der Waals surface area contributed by atoms with Crippen LogP contribution in [0.4, 0.5) is 0 Å². The molecule has 4 rings (SSSR count). The molecule has 0 aliphatic carbocycles. The molecule has 3 heterocycles. The third kappa shape index (κ3) is 4.34. The van der Waals surface area contributed by atoms with E-state index in [1.807, 2.05) is 29.2 Å². The van der Waals surface area contributed by atoms with Gasteiger partial charge >= 0.3 is 0 Å². The van der Waals surface area contributed by atoms with Gasteiger partial charge in [-0.2, -0.15) is 5.26 Å². The Bertz CT molecular complexity index is 930. The Kier molecular flexibility index (Phi) is 6.05. The fraction of sp³-hybridized carbons (Fsp3) is 0.391. The maximum atomic E-state index is 13.1. The summed E-state index contributed by atoms with van der Waals surface area (Å²) in [6.45, 7) is 3.95. The lowest BCUT2D eigenvalue weighted by Crippen LogP contribution is -2.58. The number of aromatic nitrogens is 1. The summed E-state index contributed by atoms with van der Waals surface area (Å²) in [5.74, 6) is 0.0680. The quantitative estimate of drug-likeness (QED) is 0.779. The van der Waals surface area contributed by atoms with Crippen LogP contribution in [0.3, 0.4) is 0 Å². The standard InChI is InChI=1S/C23H25N5O2/c24-15-19-8-9-20(25-16-19)22(29)27-13-11-26(12-14-27)21-7-4-10-28(23(21)30)17-18-5-2-1-3-6-18/h1-3,5-6,8-9,16,21H,4,7,10-14,17H2/t21-/m1/s1. The molecule has 2 saturated heterocycles. The minimum Gasteiger partial charge on any atom is -0.337 e. The third-order valence-corrected chi connectivity index (χ3v) is 5.87. The van der Waals surface area contributed by atoms with Crippen molar-refractivity contribution in [3.8, 4) is 6.07 Å². The number of amides is 2. The van der Waals surface area contributed by atoms with Gasteiger partial charge in [0.2, 0.25) is 5.91 Å². The lowest BCUT2D eigenvalue weighted by Gasteiger charge is -2.42. The molecule has 2 aliphatic rings. The van der Waals surface area contributed by atoms with Crippen LogP contribution in [0, 0.1) is 11.3 Å². The SMILES string of the molecule is N#Cc1ccc(C(=O)N2CCN([C@@H]3CCCN(Cc4ccccc4)C3=O)CC2)nc1. The predicted octanol–water partition coefficient (Wildman–Crippen LogP) is 1.90. The zero-order valence-electron chi connectivity index (χ0n) is 16.9. The summed E-state index contributed by atoms with van der Waals surface area (Å²) in [6, 6.07) is 15.2. The summed E-state index contributed by atoms with van der Waals surface area (Å²) in [4.78, 5) is 35.8. The van der Waals surface area contributed by atoms with Gasteiger partial charge in [0, 0.05) is 45.5 Å². The van der Waals surface area contributed by atoms with E-state index in [1.54, 1.807) is 17.0 Å². The van der Waals surface area contributed by atoms with E-state index < -0.39 is 0 Å². The second-order valence-electron chi connectivity index (χ2n) is 7.78. The van der Waals surface area contributed by atoms with Crippen molar-refractivity contribution in [1.29, 1.82) is 5.26 Å². The molecule has 30 heavy (non-hydrogen) atoms. The van der Waals surface area contributed by atoms with Crippen LogP contribution in [0.25, 0.3) is 0 Å². The monoisotopic (exact) mass is 403 g/mol. The predicted molar refractivity (Wildman–Crippen MR) is 111 cm³/mol. The van der Waals surface area contributed by atoms with Crippen molar-refractivity contribution in [2.24, 2.45) is 0 Å². The molecule has 1 aromatic carbocycles. The fourth-order valence-corrected chi connectivity index (χ4v) is 4.20. The van der Waals surface area contributed by atoms with E-state index in [2.05, 4.69) is 22.0 Å². The van der Waals surface area contributed by atoms with Gasteiger partial charge in [-0.15, -0.1) is 0 Å². The fourth-order valence-electron chi connectivity index (χ4n) is 4.20. The maximum Gasteiger partial charge on any atom is 0.272 e. The molecular formula is C23H25N5O2. The molecule has 2 fully saturated rings. The average molecular weight is 403 g/mol. The van der Waals surface area contributed by atoms with Gasteiger partial charge in [-0.05, 0) is 30.5 Å². The number of nitriles is 1. The van der Waals surface area contributed by atoms with E-state index >= 15 is 0 Å². The molecule has 0 bridgehead atoms. The van der Waals surface area contributed by atoms with Crippen LogP contribution in [0.15, 0.2) is 48.7 Å². The minimum atomic E-state index is -0.125. The Balaban J connectivity index is 1.34. The van der Waals surface area contributed by atoms with Crippen LogP contribution in [-0.4, -0.2) is 70.3 Å². The Morgan fingerprint density at radius 2 is 1.83 bits per heavy atom. The first-order chi connectivity index (χ1) is 14.7. The van der Waals surface area contributed by atoms with E-state index in [-0.39, 0.29) is 17.9 Å². The molecular weight excluding hydrogens is 378 g/mol. The van der Waals surface area contributed by atoms with Crippen LogP contribution in [0.1, 0.15) is 34.5 Å². The van der Waals surface area contributed by atoms with Crippen LogP contribution in [0.5, 0.6) is 0 Å². The van der Waals surface area contributed by atoms with Gasteiger partial charge in [-0.25, -0.2) is 4.98 Å². The molecule has 1 aromatic heterocycles. The summed E-state index contributed by atoms with van der Waals surface area (Å²) < 4.78 is 0. The van der Waals surface area contributed by atoms with E-state index in [1.165, 1.54) is 6.20 Å². The van der Waals surface area contributed by atoms with Crippen molar-refractivity contribution in [2.75, 3.05) is 32.7 Å². The highest BCUT2D eigenvalue weighted by atomic mass is 16.2. The topological polar surface area (TPSA) is 80.5 Å². The van der Waals surface area contributed by atoms with Gasteiger partial charge < -0.3 is 9.80 Å². The van der Waals surface area contributed by atoms with Gasteiger partial charge in [-0.3, -0.25) is 14.5 Å².